The summed E-state index contributed by atoms with van der Waals surface area (Å²) >= 11 is 3.66. The van der Waals surface area contributed by atoms with Crippen molar-refractivity contribution in [3.05, 3.63) is 33.3 Å². The summed E-state index contributed by atoms with van der Waals surface area (Å²) in [7, 11) is 2.09. The van der Waals surface area contributed by atoms with Gasteiger partial charge in [0.05, 0.1) is 0 Å². The molecule has 0 heterocycles. The molecule has 1 aromatic carbocycles. The van der Waals surface area contributed by atoms with Crippen LogP contribution < -0.4 is 5.32 Å². The van der Waals surface area contributed by atoms with Gasteiger partial charge in [-0.25, -0.2) is 0 Å². The van der Waals surface area contributed by atoms with E-state index in [1.807, 2.05) is 0 Å². The highest BCUT2D eigenvalue weighted by Crippen LogP contribution is 2.30. The normalized spacial score (nSPS) is 14.3. The van der Waals surface area contributed by atoms with Gasteiger partial charge >= 0.3 is 0 Å². The second-order valence-corrected chi connectivity index (χ2v) is 6.76. The van der Waals surface area contributed by atoms with Crippen LogP contribution >= 0.6 is 15.9 Å². The summed E-state index contributed by atoms with van der Waals surface area (Å²) in [4.78, 5) is 0. The van der Waals surface area contributed by atoms with Gasteiger partial charge in [-0.05, 0) is 49.9 Å². The van der Waals surface area contributed by atoms with Crippen molar-refractivity contribution in [2.24, 2.45) is 5.92 Å². The van der Waals surface area contributed by atoms with E-state index >= 15 is 0 Å². The lowest BCUT2D eigenvalue weighted by Crippen LogP contribution is -2.20. The fourth-order valence-corrected chi connectivity index (χ4v) is 3.14. The van der Waals surface area contributed by atoms with E-state index in [4.69, 9.17) is 0 Å². The highest BCUT2D eigenvalue weighted by molar-refractivity contribution is 9.10. The van der Waals surface area contributed by atoms with Gasteiger partial charge < -0.3 is 5.32 Å². The van der Waals surface area contributed by atoms with Gasteiger partial charge in [0, 0.05) is 10.5 Å². The molecule has 1 nitrogen and oxygen atoms in total. The predicted molar refractivity (Wildman–Crippen MR) is 93.3 cm³/mol. The monoisotopic (exact) mass is 339 g/mol. The van der Waals surface area contributed by atoms with Crippen molar-refractivity contribution in [2.45, 2.75) is 65.8 Å². The molecular weight excluding hydrogens is 310 g/mol. The van der Waals surface area contributed by atoms with E-state index in [9.17, 15) is 0 Å². The lowest BCUT2D eigenvalue weighted by Gasteiger charge is -2.24. The molecule has 20 heavy (non-hydrogen) atoms. The number of halogens is 1. The van der Waals surface area contributed by atoms with E-state index in [2.05, 4.69) is 68.1 Å². The van der Waals surface area contributed by atoms with Crippen molar-refractivity contribution in [3.8, 4) is 0 Å². The number of hydrogen-bond donors (Lipinski definition) is 1. The van der Waals surface area contributed by atoms with Gasteiger partial charge in [-0.2, -0.15) is 0 Å². The molecule has 0 spiro atoms. The minimum Gasteiger partial charge on any atom is -0.313 e. The van der Waals surface area contributed by atoms with E-state index in [0.717, 1.165) is 5.92 Å². The fraction of sp³-hybridized carbons (Fsp3) is 0.667. The molecule has 0 saturated carbocycles. The molecule has 1 N–H and O–H groups in total. The molecule has 0 fully saturated rings. The first-order valence-electron chi connectivity index (χ1n) is 7.97. The lowest BCUT2D eigenvalue weighted by molar-refractivity contribution is 0.365. The maximum Gasteiger partial charge on any atom is 0.0320 e. The van der Waals surface area contributed by atoms with E-state index in [-0.39, 0.29) is 0 Å². The topological polar surface area (TPSA) is 12.0 Å². The second kappa shape index (κ2) is 8.84. The van der Waals surface area contributed by atoms with Crippen molar-refractivity contribution in [3.63, 3.8) is 0 Å². The number of unbranched alkanes of at least 4 members (excludes halogenated alkanes) is 1. The number of hydrogen-bond acceptors (Lipinski definition) is 1. The lowest BCUT2D eigenvalue weighted by atomic mass is 9.88. The molecule has 0 amide bonds. The third kappa shape index (κ3) is 4.89. The highest BCUT2D eigenvalue weighted by atomic mass is 79.9. The number of nitrogens with one attached hydrogen (secondary N) is 1. The Balaban J connectivity index is 2.84. The first kappa shape index (κ1) is 17.7. The average molecular weight is 340 g/mol. The summed E-state index contributed by atoms with van der Waals surface area (Å²) in [5.74, 6) is 0.830. The molecule has 2 heteroatoms. The number of rotatable bonds is 8. The molecule has 2 unspecified atom stereocenters. The Hall–Kier alpha value is -0.340. The molecule has 0 bridgehead atoms. The third-order valence-electron chi connectivity index (χ3n) is 4.32. The molecule has 1 aromatic rings. The van der Waals surface area contributed by atoms with Crippen molar-refractivity contribution >= 4 is 15.9 Å². The van der Waals surface area contributed by atoms with Gasteiger partial charge in [-0.1, -0.05) is 67.6 Å². The summed E-state index contributed by atoms with van der Waals surface area (Å²) in [5.41, 5.74) is 4.10. The summed E-state index contributed by atoms with van der Waals surface area (Å²) < 4.78 is 1.24. The quantitative estimate of drug-likeness (QED) is 0.618. The van der Waals surface area contributed by atoms with Gasteiger partial charge in [-0.15, -0.1) is 0 Å². The van der Waals surface area contributed by atoms with Gasteiger partial charge in [0.1, 0.15) is 0 Å². The summed E-state index contributed by atoms with van der Waals surface area (Å²) in [5, 5.41) is 3.52. The zero-order chi connectivity index (χ0) is 15.1. The minimum atomic E-state index is 0.474. The fourth-order valence-electron chi connectivity index (χ4n) is 2.92. The number of benzene rings is 1. The van der Waals surface area contributed by atoms with E-state index in [1.54, 1.807) is 0 Å². The van der Waals surface area contributed by atoms with E-state index < -0.39 is 0 Å². The maximum atomic E-state index is 3.66. The molecule has 0 aliphatic heterocycles. The van der Waals surface area contributed by atoms with Crippen molar-refractivity contribution in [1.82, 2.24) is 5.32 Å². The van der Waals surface area contributed by atoms with Gasteiger partial charge in [0.25, 0.3) is 0 Å². The molecule has 0 aliphatic carbocycles. The standard InChI is InChI=1S/C18H30BrN/c1-6-8-9-15(7-2)12-17(20-5)16-10-13(3)18(19)14(4)11-16/h10-11,15,17,20H,6-9,12H2,1-5H3. The summed E-state index contributed by atoms with van der Waals surface area (Å²) in [6.07, 6.45) is 6.55. The Morgan fingerprint density at radius 1 is 1.15 bits per heavy atom. The molecule has 0 radical (unpaired) electrons. The van der Waals surface area contributed by atoms with Gasteiger partial charge in [0.15, 0.2) is 0 Å². The maximum absolute atomic E-state index is 3.66. The Morgan fingerprint density at radius 2 is 1.75 bits per heavy atom. The SMILES string of the molecule is CCCCC(CC)CC(NC)c1cc(C)c(Br)c(C)c1. The zero-order valence-electron chi connectivity index (χ0n) is 13.7. The van der Waals surface area contributed by atoms with Crippen LogP contribution in [0, 0.1) is 19.8 Å². The largest absolute Gasteiger partial charge is 0.313 e. The second-order valence-electron chi connectivity index (χ2n) is 5.96. The molecule has 114 valence electrons. The van der Waals surface area contributed by atoms with Gasteiger partial charge in [-0.3, -0.25) is 0 Å². The Kier molecular flexibility index (Phi) is 7.83. The first-order chi connectivity index (χ1) is 9.53. The molecule has 0 aliphatic rings. The Bertz CT molecular complexity index is 391. The highest BCUT2D eigenvalue weighted by Gasteiger charge is 2.16. The minimum absolute atomic E-state index is 0.474. The van der Waals surface area contributed by atoms with Crippen molar-refractivity contribution in [1.29, 1.82) is 0 Å². The van der Waals surface area contributed by atoms with Crippen LogP contribution in [0.1, 0.15) is 68.7 Å². The molecule has 0 aromatic heterocycles. The van der Waals surface area contributed by atoms with Crippen LogP contribution in [-0.4, -0.2) is 7.05 Å². The van der Waals surface area contributed by atoms with Gasteiger partial charge in [0.2, 0.25) is 0 Å². The van der Waals surface area contributed by atoms with Crippen molar-refractivity contribution < 1.29 is 0 Å². The molecule has 2 atom stereocenters. The number of aryl methyl sites for hydroxylation is 2. The molecule has 0 saturated heterocycles. The van der Waals surface area contributed by atoms with Crippen LogP contribution in [0.2, 0.25) is 0 Å². The third-order valence-corrected chi connectivity index (χ3v) is 5.57. The van der Waals surface area contributed by atoms with Crippen LogP contribution in [0.15, 0.2) is 16.6 Å². The summed E-state index contributed by atoms with van der Waals surface area (Å²) in [6, 6.07) is 5.12. The van der Waals surface area contributed by atoms with Crippen LogP contribution in [0.5, 0.6) is 0 Å². The van der Waals surface area contributed by atoms with Crippen LogP contribution in [0.4, 0.5) is 0 Å². The summed E-state index contributed by atoms with van der Waals surface area (Å²) in [6.45, 7) is 8.97. The molecular formula is C18H30BrN. The Morgan fingerprint density at radius 3 is 2.20 bits per heavy atom. The smallest absolute Gasteiger partial charge is 0.0320 e. The van der Waals surface area contributed by atoms with Crippen LogP contribution in [0.3, 0.4) is 0 Å². The average Bonchev–Trinajstić information content (AvgIpc) is 2.44. The van der Waals surface area contributed by atoms with E-state index in [1.165, 1.54) is 53.3 Å². The first-order valence-corrected chi connectivity index (χ1v) is 8.76. The van der Waals surface area contributed by atoms with Crippen LogP contribution in [-0.2, 0) is 0 Å². The molecule has 1 rings (SSSR count). The predicted octanol–water partition coefficient (Wildman–Crippen LogP) is 5.93. The Labute approximate surface area is 133 Å². The zero-order valence-corrected chi connectivity index (χ0v) is 15.3. The van der Waals surface area contributed by atoms with Crippen molar-refractivity contribution in [2.75, 3.05) is 7.05 Å². The van der Waals surface area contributed by atoms with Crippen LogP contribution in [0.25, 0.3) is 0 Å². The van der Waals surface area contributed by atoms with E-state index in [0.29, 0.717) is 6.04 Å².